The smallest absolute Gasteiger partial charge is 0.323 e. The van der Waals surface area contributed by atoms with Gasteiger partial charge in [0.2, 0.25) is 0 Å². The van der Waals surface area contributed by atoms with Gasteiger partial charge in [-0.15, -0.1) is 0 Å². The molecule has 0 spiro atoms. The zero-order valence-electron chi connectivity index (χ0n) is 10.4. The molecule has 100 valence electrons. The summed E-state index contributed by atoms with van der Waals surface area (Å²) < 4.78 is 1.48. The molecule has 0 radical (unpaired) electrons. The first-order chi connectivity index (χ1) is 8.42. The molecule has 0 fully saturated rings. The van der Waals surface area contributed by atoms with Crippen LogP contribution < -0.4 is 0 Å². The van der Waals surface area contributed by atoms with E-state index in [1.54, 1.807) is 13.8 Å². The third kappa shape index (κ3) is 2.81. The number of aromatic nitrogens is 2. The van der Waals surface area contributed by atoms with Gasteiger partial charge in [0, 0.05) is 6.54 Å². The van der Waals surface area contributed by atoms with Crippen molar-refractivity contribution < 1.29 is 14.8 Å². The second-order valence-electron chi connectivity index (χ2n) is 3.67. The van der Waals surface area contributed by atoms with Crippen LogP contribution >= 0.6 is 11.8 Å². The highest BCUT2D eigenvalue weighted by Crippen LogP contribution is 2.35. The van der Waals surface area contributed by atoms with Crippen LogP contribution in [-0.4, -0.2) is 31.0 Å². The molecule has 0 amide bonds. The second-order valence-corrected chi connectivity index (χ2v) is 4.86. The highest BCUT2D eigenvalue weighted by atomic mass is 32.2. The van der Waals surface area contributed by atoms with Gasteiger partial charge >= 0.3 is 11.7 Å². The number of rotatable bonds is 6. The highest BCUT2D eigenvalue weighted by Gasteiger charge is 2.29. The van der Waals surface area contributed by atoms with Crippen LogP contribution in [0.2, 0.25) is 0 Å². The van der Waals surface area contributed by atoms with Gasteiger partial charge in [-0.2, -0.15) is 5.10 Å². The first kappa shape index (κ1) is 14.5. The largest absolute Gasteiger partial charge is 0.480 e. The monoisotopic (exact) mass is 273 g/mol. The van der Waals surface area contributed by atoms with E-state index in [4.69, 9.17) is 5.11 Å². The third-order valence-electron chi connectivity index (χ3n) is 2.43. The van der Waals surface area contributed by atoms with Crippen LogP contribution in [0.1, 0.15) is 26.0 Å². The first-order valence-corrected chi connectivity index (χ1v) is 6.41. The Morgan fingerprint density at radius 2 is 2.22 bits per heavy atom. The Morgan fingerprint density at radius 1 is 1.61 bits per heavy atom. The fourth-order valence-electron chi connectivity index (χ4n) is 1.54. The maximum absolute atomic E-state index is 11.0. The van der Waals surface area contributed by atoms with E-state index in [1.807, 2.05) is 6.92 Å². The van der Waals surface area contributed by atoms with Crippen LogP contribution in [0, 0.1) is 17.0 Å². The lowest BCUT2D eigenvalue weighted by atomic mass is 10.3. The van der Waals surface area contributed by atoms with E-state index >= 15 is 0 Å². The van der Waals surface area contributed by atoms with Crippen molar-refractivity contribution in [3.63, 3.8) is 0 Å². The van der Waals surface area contributed by atoms with Crippen LogP contribution in [0.3, 0.4) is 0 Å². The van der Waals surface area contributed by atoms with E-state index in [1.165, 1.54) is 4.68 Å². The number of thioether (sulfide) groups is 1. The zero-order valence-corrected chi connectivity index (χ0v) is 11.2. The molecule has 1 rings (SSSR count). The lowest BCUT2D eigenvalue weighted by Crippen LogP contribution is -2.16. The molecule has 1 atom stereocenters. The molecule has 1 N–H and O–H groups in total. The first-order valence-electron chi connectivity index (χ1n) is 5.53. The Hall–Kier alpha value is -1.57. The third-order valence-corrected chi connectivity index (χ3v) is 3.88. The molecule has 0 aromatic carbocycles. The van der Waals surface area contributed by atoms with Crippen molar-refractivity contribution in [1.29, 1.82) is 0 Å². The van der Waals surface area contributed by atoms with Gasteiger partial charge in [0.25, 0.3) is 0 Å². The molecule has 0 aliphatic heterocycles. The van der Waals surface area contributed by atoms with Crippen molar-refractivity contribution in [2.75, 3.05) is 0 Å². The van der Waals surface area contributed by atoms with Crippen LogP contribution in [0.4, 0.5) is 5.69 Å². The summed E-state index contributed by atoms with van der Waals surface area (Å²) in [6, 6.07) is 0. The molecular weight excluding hydrogens is 258 g/mol. The van der Waals surface area contributed by atoms with Crippen LogP contribution in [0.5, 0.6) is 0 Å². The fraction of sp³-hybridized carbons (Fsp3) is 0.600. The van der Waals surface area contributed by atoms with Crippen molar-refractivity contribution in [2.24, 2.45) is 0 Å². The van der Waals surface area contributed by atoms with Crippen molar-refractivity contribution in [3.8, 4) is 0 Å². The van der Waals surface area contributed by atoms with Crippen molar-refractivity contribution in [1.82, 2.24) is 9.78 Å². The molecule has 1 aromatic rings. The molecule has 18 heavy (non-hydrogen) atoms. The lowest BCUT2D eigenvalue weighted by molar-refractivity contribution is -0.388. The minimum atomic E-state index is -0.974. The van der Waals surface area contributed by atoms with Gasteiger partial charge in [-0.3, -0.25) is 19.6 Å². The van der Waals surface area contributed by atoms with E-state index < -0.39 is 16.1 Å². The van der Waals surface area contributed by atoms with Gasteiger partial charge < -0.3 is 5.11 Å². The van der Waals surface area contributed by atoms with E-state index in [0.717, 1.165) is 11.8 Å². The molecule has 1 heterocycles. The standard InChI is InChI=1S/C10H15N3O4S/c1-4-7(10(14)15)18-9-8(13(16)17)6(3)11-12(9)5-2/h7H,4-5H2,1-3H3,(H,14,15). The molecule has 0 bridgehead atoms. The average Bonchev–Trinajstić information content (AvgIpc) is 2.61. The van der Waals surface area contributed by atoms with Gasteiger partial charge in [-0.1, -0.05) is 18.7 Å². The van der Waals surface area contributed by atoms with Gasteiger partial charge in [-0.25, -0.2) is 0 Å². The Balaban J connectivity index is 3.20. The van der Waals surface area contributed by atoms with Gasteiger partial charge in [0.05, 0.1) is 4.92 Å². The molecule has 0 aliphatic rings. The number of carbonyl (C=O) groups is 1. The lowest BCUT2D eigenvalue weighted by Gasteiger charge is -2.09. The maximum atomic E-state index is 11.0. The quantitative estimate of drug-likeness (QED) is 0.484. The van der Waals surface area contributed by atoms with Crippen LogP contribution in [0.15, 0.2) is 5.03 Å². The van der Waals surface area contributed by atoms with Crippen LogP contribution in [0.25, 0.3) is 0 Å². The van der Waals surface area contributed by atoms with E-state index in [0.29, 0.717) is 23.7 Å². The molecule has 0 saturated carbocycles. The van der Waals surface area contributed by atoms with Crippen molar-refractivity contribution >= 4 is 23.4 Å². The molecular formula is C10H15N3O4S. The summed E-state index contributed by atoms with van der Waals surface area (Å²) in [6.07, 6.45) is 0.394. The Kier molecular flexibility index (Phi) is 4.71. The van der Waals surface area contributed by atoms with Crippen LogP contribution in [-0.2, 0) is 11.3 Å². The van der Waals surface area contributed by atoms with Gasteiger partial charge in [-0.05, 0) is 20.3 Å². The molecule has 0 aliphatic carbocycles. The molecule has 1 unspecified atom stereocenters. The summed E-state index contributed by atoms with van der Waals surface area (Å²) in [5.74, 6) is -0.974. The number of carboxylic acids is 1. The summed E-state index contributed by atoms with van der Waals surface area (Å²) in [7, 11) is 0. The number of nitro groups is 1. The zero-order chi connectivity index (χ0) is 13.9. The Labute approximate surface area is 108 Å². The summed E-state index contributed by atoms with van der Waals surface area (Å²) in [5.41, 5.74) is 0.214. The van der Waals surface area contributed by atoms with Gasteiger partial charge in [0.1, 0.15) is 10.9 Å². The number of nitrogens with zero attached hydrogens (tertiary/aromatic N) is 3. The number of aliphatic carboxylic acids is 1. The molecule has 0 saturated heterocycles. The minimum absolute atomic E-state index is 0.0958. The second kappa shape index (κ2) is 5.85. The maximum Gasteiger partial charge on any atom is 0.323 e. The topological polar surface area (TPSA) is 98.3 Å². The number of aryl methyl sites for hydroxylation is 2. The number of carboxylic acid groups (broad SMARTS) is 1. The molecule has 8 heteroatoms. The predicted molar refractivity (Wildman–Crippen MR) is 66.9 cm³/mol. The van der Waals surface area contributed by atoms with Crippen molar-refractivity contribution in [3.05, 3.63) is 15.8 Å². The molecule has 7 nitrogen and oxygen atoms in total. The summed E-state index contributed by atoms with van der Waals surface area (Å²) in [4.78, 5) is 21.5. The highest BCUT2D eigenvalue weighted by molar-refractivity contribution is 8.00. The van der Waals surface area contributed by atoms with E-state index in [2.05, 4.69) is 5.10 Å². The number of hydrogen-bond acceptors (Lipinski definition) is 5. The SMILES string of the molecule is CCC(Sc1c([N+](=O)[O-])c(C)nn1CC)C(=O)O. The fourth-order valence-corrected chi connectivity index (χ4v) is 2.70. The van der Waals surface area contributed by atoms with Gasteiger partial charge in [0.15, 0.2) is 5.03 Å². The molecule has 1 aromatic heterocycles. The number of hydrogen-bond donors (Lipinski definition) is 1. The average molecular weight is 273 g/mol. The predicted octanol–water partition coefficient (Wildman–Crippen LogP) is 2.07. The summed E-state index contributed by atoms with van der Waals surface area (Å²) >= 11 is 0.983. The van der Waals surface area contributed by atoms with Crippen molar-refractivity contribution in [2.45, 2.75) is 44.0 Å². The summed E-state index contributed by atoms with van der Waals surface area (Å²) in [5, 5.41) is 23.7. The minimum Gasteiger partial charge on any atom is -0.480 e. The Morgan fingerprint density at radius 3 is 2.61 bits per heavy atom. The normalized spacial score (nSPS) is 12.4. The summed E-state index contributed by atoms with van der Waals surface area (Å²) in [6.45, 7) is 5.56. The van der Waals surface area contributed by atoms with E-state index in [-0.39, 0.29) is 5.69 Å². The van der Waals surface area contributed by atoms with E-state index in [9.17, 15) is 14.9 Å². The Bertz CT molecular complexity index is 472.